The number of rotatable bonds is 2. The van der Waals surface area contributed by atoms with Gasteiger partial charge in [-0.05, 0) is 11.5 Å². The third kappa shape index (κ3) is 2.62. The van der Waals surface area contributed by atoms with E-state index in [1.54, 1.807) is 35.6 Å². The zero-order chi connectivity index (χ0) is 14.0. The molecule has 0 aliphatic heterocycles. The van der Waals surface area contributed by atoms with E-state index in [1.165, 1.54) is 13.2 Å². The van der Waals surface area contributed by atoms with Crippen LogP contribution in [0.1, 0.15) is 0 Å². The number of amides is 1. The molecule has 3 nitrogen and oxygen atoms in total. The summed E-state index contributed by atoms with van der Waals surface area (Å²) in [4.78, 5) is 10.9. The van der Waals surface area contributed by atoms with E-state index >= 15 is 0 Å². The summed E-state index contributed by atoms with van der Waals surface area (Å²) in [7, 11) is 1.34. The average Bonchev–Trinajstić information content (AvgIpc) is 2.37. The van der Waals surface area contributed by atoms with E-state index < -0.39 is 12.1 Å². The summed E-state index contributed by atoms with van der Waals surface area (Å²) in [5.74, 6) is -1.82. The van der Waals surface area contributed by atoms with Crippen molar-refractivity contribution in [1.82, 2.24) is 0 Å². The van der Waals surface area contributed by atoms with Crippen LogP contribution in [0.5, 0.6) is 5.75 Å². The molecule has 19 heavy (non-hydrogen) atoms. The number of ether oxygens (including phenoxy) is 1. The van der Waals surface area contributed by atoms with Gasteiger partial charge in [-0.25, -0.2) is 0 Å². The predicted octanol–water partition coefficient (Wildman–Crippen LogP) is 3.35. The topological polar surface area (TPSA) is 38.3 Å². The summed E-state index contributed by atoms with van der Waals surface area (Å²) in [6.07, 6.45) is -4.93. The first-order chi connectivity index (χ1) is 8.93. The van der Waals surface area contributed by atoms with Gasteiger partial charge in [0.25, 0.3) is 0 Å². The number of anilines is 1. The van der Waals surface area contributed by atoms with Crippen molar-refractivity contribution in [1.29, 1.82) is 0 Å². The Bertz CT molecular complexity index is 623. The van der Waals surface area contributed by atoms with Crippen LogP contribution >= 0.6 is 0 Å². The van der Waals surface area contributed by atoms with Gasteiger partial charge in [-0.1, -0.05) is 30.3 Å². The van der Waals surface area contributed by atoms with E-state index in [2.05, 4.69) is 0 Å². The van der Waals surface area contributed by atoms with Crippen molar-refractivity contribution in [2.75, 3.05) is 12.4 Å². The second kappa shape index (κ2) is 4.79. The Morgan fingerprint density at radius 2 is 1.84 bits per heavy atom. The van der Waals surface area contributed by atoms with Crippen molar-refractivity contribution in [3.05, 3.63) is 36.4 Å². The molecule has 0 saturated carbocycles. The third-order valence-electron chi connectivity index (χ3n) is 2.59. The van der Waals surface area contributed by atoms with Crippen molar-refractivity contribution in [3.8, 4) is 5.75 Å². The molecule has 0 saturated heterocycles. The Hall–Kier alpha value is -2.24. The van der Waals surface area contributed by atoms with Gasteiger partial charge in [0.1, 0.15) is 5.75 Å². The fraction of sp³-hybridized carbons (Fsp3) is 0.154. The van der Waals surface area contributed by atoms with Crippen LogP contribution in [0.4, 0.5) is 18.9 Å². The molecule has 0 heterocycles. The van der Waals surface area contributed by atoms with Crippen molar-refractivity contribution in [2.24, 2.45) is 0 Å². The van der Waals surface area contributed by atoms with E-state index in [0.29, 0.717) is 5.39 Å². The molecule has 2 rings (SSSR count). The molecule has 0 aliphatic carbocycles. The Balaban J connectivity index is 2.47. The normalized spacial score (nSPS) is 11.4. The summed E-state index contributed by atoms with van der Waals surface area (Å²) < 4.78 is 41.8. The molecule has 0 unspecified atom stereocenters. The highest BCUT2D eigenvalue weighted by Gasteiger charge is 2.39. The number of alkyl halides is 3. The quantitative estimate of drug-likeness (QED) is 0.908. The fourth-order valence-electron chi connectivity index (χ4n) is 1.75. The zero-order valence-electron chi connectivity index (χ0n) is 9.91. The number of hydrogen-bond acceptors (Lipinski definition) is 2. The second-order valence-electron chi connectivity index (χ2n) is 3.82. The Morgan fingerprint density at radius 1 is 1.16 bits per heavy atom. The number of methoxy groups -OCH3 is 1. The van der Waals surface area contributed by atoms with Crippen molar-refractivity contribution in [3.63, 3.8) is 0 Å². The van der Waals surface area contributed by atoms with Crippen LogP contribution in [-0.2, 0) is 4.79 Å². The highest BCUT2D eigenvalue weighted by molar-refractivity contribution is 6.01. The molecular formula is C13H10F3NO2. The lowest BCUT2D eigenvalue weighted by Gasteiger charge is -2.13. The highest BCUT2D eigenvalue weighted by Crippen LogP contribution is 2.34. The van der Waals surface area contributed by atoms with Crippen LogP contribution in [0.15, 0.2) is 36.4 Å². The van der Waals surface area contributed by atoms with Crippen LogP contribution in [0, 0.1) is 0 Å². The maximum Gasteiger partial charge on any atom is 0.471 e. The van der Waals surface area contributed by atoms with Gasteiger partial charge in [0.05, 0.1) is 12.8 Å². The summed E-state index contributed by atoms with van der Waals surface area (Å²) in [5.41, 5.74) is -0.0106. The molecule has 0 radical (unpaired) electrons. The van der Waals surface area contributed by atoms with Gasteiger partial charge in [0.2, 0.25) is 0 Å². The molecular weight excluding hydrogens is 259 g/mol. The summed E-state index contributed by atoms with van der Waals surface area (Å²) in [5, 5.41) is 3.24. The number of benzene rings is 2. The summed E-state index contributed by atoms with van der Waals surface area (Å²) in [6.45, 7) is 0. The highest BCUT2D eigenvalue weighted by atomic mass is 19.4. The zero-order valence-corrected chi connectivity index (χ0v) is 9.91. The minimum absolute atomic E-state index is 0.0106. The van der Waals surface area contributed by atoms with E-state index in [4.69, 9.17) is 4.74 Å². The maximum absolute atomic E-state index is 12.2. The van der Waals surface area contributed by atoms with E-state index in [9.17, 15) is 18.0 Å². The van der Waals surface area contributed by atoms with Crippen LogP contribution in [0.2, 0.25) is 0 Å². The van der Waals surface area contributed by atoms with E-state index in [0.717, 1.165) is 5.39 Å². The molecule has 0 aromatic heterocycles. The number of carbonyl (C=O) groups is 1. The lowest BCUT2D eigenvalue weighted by molar-refractivity contribution is -0.167. The van der Waals surface area contributed by atoms with E-state index in [1.807, 2.05) is 0 Å². The lowest BCUT2D eigenvalue weighted by Crippen LogP contribution is -2.30. The summed E-state index contributed by atoms with van der Waals surface area (Å²) in [6, 6.07) is 10.0. The molecule has 0 atom stereocenters. The number of fused-ring (bicyclic) bond motifs is 1. The Kier molecular flexibility index (Phi) is 3.33. The molecule has 100 valence electrons. The molecule has 0 spiro atoms. The van der Waals surface area contributed by atoms with Gasteiger partial charge >= 0.3 is 12.1 Å². The van der Waals surface area contributed by atoms with Crippen LogP contribution in [0.25, 0.3) is 10.8 Å². The van der Waals surface area contributed by atoms with Crippen molar-refractivity contribution >= 4 is 22.4 Å². The molecule has 0 aliphatic rings. The Morgan fingerprint density at radius 3 is 2.47 bits per heavy atom. The fourth-order valence-corrected chi connectivity index (χ4v) is 1.75. The molecule has 0 fully saturated rings. The first-order valence-corrected chi connectivity index (χ1v) is 5.37. The number of halogens is 3. The molecule has 1 N–H and O–H groups in total. The monoisotopic (exact) mass is 269 g/mol. The van der Waals surface area contributed by atoms with Crippen LogP contribution in [0.3, 0.4) is 0 Å². The second-order valence-corrected chi connectivity index (χ2v) is 3.82. The van der Waals surface area contributed by atoms with Crippen molar-refractivity contribution < 1.29 is 22.7 Å². The first kappa shape index (κ1) is 13.2. The first-order valence-electron chi connectivity index (χ1n) is 5.37. The summed E-state index contributed by atoms with van der Waals surface area (Å²) >= 11 is 0. The van der Waals surface area contributed by atoms with Gasteiger partial charge in [-0.3, -0.25) is 4.79 Å². The number of nitrogens with one attached hydrogen (secondary N) is 1. The van der Waals surface area contributed by atoms with Crippen LogP contribution in [-0.4, -0.2) is 19.2 Å². The number of carbonyl (C=O) groups excluding carboxylic acids is 1. The molecule has 0 bridgehead atoms. The lowest BCUT2D eigenvalue weighted by atomic mass is 10.1. The molecule has 6 heteroatoms. The molecule has 2 aromatic rings. The van der Waals surface area contributed by atoms with Crippen LogP contribution < -0.4 is 10.1 Å². The standard InChI is InChI=1S/C13H10F3NO2/c1-19-11-9-5-3-2-4-8(9)6-7-10(11)17-12(18)13(14,15)16/h2-7H,1H3,(H,17,18). The minimum Gasteiger partial charge on any atom is -0.494 e. The van der Waals surface area contributed by atoms with Gasteiger partial charge in [-0.2, -0.15) is 13.2 Å². The van der Waals surface area contributed by atoms with Gasteiger partial charge < -0.3 is 10.1 Å². The minimum atomic E-state index is -4.93. The predicted molar refractivity (Wildman–Crippen MR) is 65.2 cm³/mol. The average molecular weight is 269 g/mol. The molecule has 1 amide bonds. The van der Waals surface area contributed by atoms with Crippen molar-refractivity contribution in [2.45, 2.75) is 6.18 Å². The maximum atomic E-state index is 12.2. The third-order valence-corrected chi connectivity index (χ3v) is 2.59. The number of hydrogen-bond donors (Lipinski definition) is 1. The van der Waals surface area contributed by atoms with Gasteiger partial charge in [0, 0.05) is 5.39 Å². The molecule has 2 aromatic carbocycles. The largest absolute Gasteiger partial charge is 0.494 e. The van der Waals surface area contributed by atoms with Gasteiger partial charge in [0.15, 0.2) is 0 Å². The smallest absolute Gasteiger partial charge is 0.471 e. The Labute approximate surface area is 107 Å². The van der Waals surface area contributed by atoms with E-state index in [-0.39, 0.29) is 11.4 Å². The van der Waals surface area contributed by atoms with Gasteiger partial charge in [-0.15, -0.1) is 0 Å². The SMILES string of the molecule is COc1c(NC(=O)C(F)(F)F)ccc2ccccc12.